The highest BCUT2D eigenvalue weighted by Crippen LogP contribution is 2.34. The molecule has 0 spiro atoms. The second-order valence-electron chi connectivity index (χ2n) is 4.57. The fourth-order valence-electron chi connectivity index (χ4n) is 2.13. The molecule has 0 saturated heterocycles. The van der Waals surface area contributed by atoms with Crippen molar-refractivity contribution in [3.63, 3.8) is 0 Å². The molecular weight excluding hydrogens is 307 g/mol. The van der Waals surface area contributed by atoms with E-state index in [1.54, 1.807) is 25.1 Å². The lowest BCUT2D eigenvalue weighted by Gasteiger charge is -2.28. The number of benzene rings is 1. The first-order chi connectivity index (χ1) is 9.80. The topological polar surface area (TPSA) is 38.3 Å². The molecule has 1 aliphatic heterocycles. The Hall–Kier alpha value is -1.69. The van der Waals surface area contributed by atoms with Crippen molar-refractivity contribution in [3.8, 4) is 0 Å². The molecule has 1 aromatic rings. The highest BCUT2D eigenvalue weighted by molar-refractivity contribution is 6.30. The largest absolute Gasteiger partial charge is 0.463 e. The van der Waals surface area contributed by atoms with Crippen LogP contribution in [0.1, 0.15) is 18.9 Å². The number of nitrogens with one attached hydrogen (secondary N) is 1. The van der Waals surface area contributed by atoms with Gasteiger partial charge in [0.1, 0.15) is 0 Å². The van der Waals surface area contributed by atoms with Gasteiger partial charge in [-0.3, -0.25) is 0 Å². The van der Waals surface area contributed by atoms with Crippen molar-refractivity contribution in [1.82, 2.24) is 0 Å². The van der Waals surface area contributed by atoms with E-state index in [-0.39, 0.29) is 12.2 Å². The van der Waals surface area contributed by atoms with Crippen LogP contribution in [0.15, 0.2) is 23.8 Å². The number of hydrogen-bond donors (Lipinski definition) is 1. The Morgan fingerprint density at radius 3 is 2.76 bits per heavy atom. The second-order valence-corrected chi connectivity index (χ2v) is 5.00. The van der Waals surface area contributed by atoms with Crippen LogP contribution in [0.4, 0.5) is 18.9 Å². The van der Waals surface area contributed by atoms with Gasteiger partial charge in [-0.2, -0.15) is 13.2 Å². The molecule has 0 aliphatic carbocycles. The van der Waals surface area contributed by atoms with E-state index >= 15 is 0 Å². The highest BCUT2D eigenvalue weighted by atomic mass is 35.5. The fourth-order valence-corrected chi connectivity index (χ4v) is 2.31. The normalized spacial score (nSPS) is 17.6. The summed E-state index contributed by atoms with van der Waals surface area (Å²) in [7, 11) is 0. The first-order valence-electron chi connectivity index (χ1n) is 6.31. The van der Waals surface area contributed by atoms with Gasteiger partial charge in [-0.05, 0) is 36.8 Å². The summed E-state index contributed by atoms with van der Waals surface area (Å²) in [5, 5.41) is 3.16. The van der Waals surface area contributed by atoms with Crippen molar-refractivity contribution in [2.24, 2.45) is 0 Å². The van der Waals surface area contributed by atoms with Crippen molar-refractivity contribution in [3.05, 3.63) is 34.4 Å². The lowest BCUT2D eigenvalue weighted by molar-refractivity contribution is -0.142. The van der Waals surface area contributed by atoms with Crippen LogP contribution in [0.3, 0.4) is 0 Å². The maximum atomic E-state index is 12.7. The van der Waals surface area contributed by atoms with E-state index in [9.17, 15) is 18.0 Å². The van der Waals surface area contributed by atoms with Gasteiger partial charge in [-0.15, -0.1) is 0 Å². The van der Waals surface area contributed by atoms with E-state index in [4.69, 9.17) is 16.3 Å². The third kappa shape index (κ3) is 3.91. The summed E-state index contributed by atoms with van der Waals surface area (Å²) in [6, 6.07) is 3.56. The van der Waals surface area contributed by atoms with E-state index in [0.717, 1.165) is 0 Å². The van der Waals surface area contributed by atoms with Crippen molar-refractivity contribution < 1.29 is 22.7 Å². The van der Waals surface area contributed by atoms with Gasteiger partial charge in [-0.1, -0.05) is 11.6 Å². The number of alkyl halides is 3. The minimum absolute atomic E-state index is 0.0519. The maximum absolute atomic E-state index is 12.7. The van der Waals surface area contributed by atoms with Crippen LogP contribution in [0.25, 0.3) is 6.08 Å². The lowest BCUT2D eigenvalue weighted by Crippen LogP contribution is -2.34. The second kappa shape index (κ2) is 5.97. The number of halogens is 4. The number of anilines is 1. The van der Waals surface area contributed by atoms with Crippen LogP contribution < -0.4 is 5.32 Å². The molecule has 21 heavy (non-hydrogen) atoms. The van der Waals surface area contributed by atoms with Gasteiger partial charge in [0.25, 0.3) is 0 Å². The van der Waals surface area contributed by atoms with Crippen LogP contribution in [-0.2, 0) is 9.53 Å². The molecule has 1 atom stereocenters. The smallest absolute Gasteiger partial charge is 0.391 e. The SMILES string of the molecule is CCOC(=O)C1=Cc2cc(Cl)ccc2NC1CC(F)(F)F. The van der Waals surface area contributed by atoms with Crippen LogP contribution >= 0.6 is 11.6 Å². The summed E-state index contributed by atoms with van der Waals surface area (Å²) >= 11 is 5.85. The quantitative estimate of drug-likeness (QED) is 0.855. The molecule has 3 nitrogen and oxygen atoms in total. The standard InChI is InChI=1S/C14H13ClF3NO2/c1-2-21-13(20)10-6-8-5-9(15)3-4-11(8)19-12(10)7-14(16,17)18/h3-6,12,19H,2,7H2,1H3. The molecule has 0 aromatic heterocycles. The molecule has 0 saturated carbocycles. The third-order valence-electron chi connectivity index (χ3n) is 2.98. The first kappa shape index (κ1) is 15.7. The molecule has 1 heterocycles. The summed E-state index contributed by atoms with van der Waals surface area (Å²) in [6.45, 7) is 1.69. The van der Waals surface area contributed by atoms with Crippen molar-refractivity contribution in [2.45, 2.75) is 25.6 Å². The summed E-state index contributed by atoms with van der Waals surface area (Å²) in [6.07, 6.45) is -4.15. The number of hydrogen-bond acceptors (Lipinski definition) is 3. The molecule has 1 N–H and O–H groups in total. The van der Waals surface area contributed by atoms with Gasteiger partial charge in [0, 0.05) is 10.7 Å². The Bertz CT molecular complexity index is 584. The van der Waals surface area contributed by atoms with Gasteiger partial charge >= 0.3 is 12.1 Å². The predicted octanol–water partition coefficient (Wildman–Crippen LogP) is 4.03. The Morgan fingerprint density at radius 2 is 2.14 bits per heavy atom. The molecule has 0 fully saturated rings. The fraction of sp³-hybridized carbons (Fsp3) is 0.357. The zero-order valence-corrected chi connectivity index (χ0v) is 11.9. The molecule has 2 rings (SSSR count). The number of esters is 1. The van der Waals surface area contributed by atoms with E-state index in [0.29, 0.717) is 16.3 Å². The van der Waals surface area contributed by atoms with E-state index in [1.807, 2.05) is 0 Å². The summed E-state index contributed by atoms with van der Waals surface area (Å²) in [5.74, 6) is -0.759. The Morgan fingerprint density at radius 1 is 1.43 bits per heavy atom. The van der Waals surface area contributed by atoms with Crippen LogP contribution in [0.5, 0.6) is 0 Å². The van der Waals surface area contributed by atoms with E-state index in [1.165, 1.54) is 6.08 Å². The highest BCUT2D eigenvalue weighted by Gasteiger charge is 2.37. The lowest BCUT2D eigenvalue weighted by atomic mass is 9.95. The zero-order valence-electron chi connectivity index (χ0n) is 11.1. The number of fused-ring (bicyclic) bond motifs is 1. The third-order valence-corrected chi connectivity index (χ3v) is 3.21. The summed E-state index contributed by atoms with van der Waals surface area (Å²) < 4.78 is 42.8. The summed E-state index contributed by atoms with van der Waals surface area (Å²) in [4.78, 5) is 11.9. The first-order valence-corrected chi connectivity index (χ1v) is 6.69. The molecular formula is C14H13ClF3NO2. The molecule has 0 amide bonds. The molecule has 0 radical (unpaired) electrons. The molecule has 7 heteroatoms. The number of ether oxygens (including phenoxy) is 1. The Balaban J connectivity index is 2.38. The molecule has 1 unspecified atom stereocenters. The minimum atomic E-state index is -4.40. The zero-order chi connectivity index (χ0) is 15.6. The number of rotatable bonds is 3. The van der Waals surface area contributed by atoms with Crippen LogP contribution in [-0.4, -0.2) is 24.8 Å². The number of carbonyl (C=O) groups is 1. The number of carbonyl (C=O) groups excluding carboxylic acids is 1. The molecule has 1 aromatic carbocycles. The Labute approximate surface area is 124 Å². The van der Waals surface area contributed by atoms with Gasteiger partial charge in [0.2, 0.25) is 0 Å². The van der Waals surface area contributed by atoms with Crippen molar-refractivity contribution in [1.29, 1.82) is 0 Å². The molecule has 114 valence electrons. The van der Waals surface area contributed by atoms with Crippen LogP contribution in [0.2, 0.25) is 5.02 Å². The van der Waals surface area contributed by atoms with Crippen molar-refractivity contribution in [2.75, 3.05) is 11.9 Å². The molecule has 1 aliphatic rings. The van der Waals surface area contributed by atoms with Gasteiger partial charge in [0.15, 0.2) is 0 Å². The summed E-state index contributed by atoms with van der Waals surface area (Å²) in [5.41, 5.74) is 1.01. The van der Waals surface area contributed by atoms with Gasteiger partial charge in [-0.25, -0.2) is 4.79 Å². The van der Waals surface area contributed by atoms with Gasteiger partial charge < -0.3 is 10.1 Å². The average molecular weight is 320 g/mol. The molecule has 0 bridgehead atoms. The minimum Gasteiger partial charge on any atom is -0.463 e. The van der Waals surface area contributed by atoms with Crippen LogP contribution in [0, 0.1) is 0 Å². The maximum Gasteiger partial charge on any atom is 0.391 e. The van der Waals surface area contributed by atoms with E-state index in [2.05, 4.69) is 5.32 Å². The average Bonchev–Trinajstić information content (AvgIpc) is 2.36. The Kier molecular flexibility index (Phi) is 4.46. The monoisotopic (exact) mass is 319 g/mol. The van der Waals surface area contributed by atoms with E-state index < -0.39 is 24.6 Å². The van der Waals surface area contributed by atoms with Crippen molar-refractivity contribution >= 4 is 29.3 Å². The van der Waals surface area contributed by atoms with Gasteiger partial charge in [0.05, 0.1) is 24.6 Å². The predicted molar refractivity (Wildman–Crippen MR) is 74.1 cm³/mol.